The molecule has 1 heterocycles. The molecule has 0 saturated carbocycles. The average molecular weight is 863 g/mol. The van der Waals surface area contributed by atoms with Crippen LogP contribution < -0.4 is 0 Å². The summed E-state index contributed by atoms with van der Waals surface area (Å²) in [5.41, 5.74) is 2.61. The van der Waals surface area contributed by atoms with E-state index in [0.717, 1.165) is 95.0 Å². The van der Waals surface area contributed by atoms with E-state index in [0.29, 0.717) is 36.7 Å². The molecule has 1 N–H and O–H groups in total. The van der Waals surface area contributed by atoms with Crippen LogP contribution in [0, 0.1) is 13.8 Å². The van der Waals surface area contributed by atoms with Gasteiger partial charge < -0.3 is 23.3 Å². The molecule has 60 heavy (non-hydrogen) atoms. The van der Waals surface area contributed by atoms with Crippen molar-refractivity contribution in [2.75, 3.05) is 47.5 Å². The molecule has 11 nitrogen and oxygen atoms in total. The molecule has 0 aliphatic heterocycles. The molecule has 2 atom stereocenters. The number of unbranched alkanes of at least 4 members (excludes halogenated alkanes) is 10. The lowest BCUT2D eigenvalue weighted by atomic mass is 10.0. The molecule has 0 fully saturated rings. The van der Waals surface area contributed by atoms with Crippen LogP contribution in [0.25, 0.3) is 0 Å². The Bertz CT molecular complexity index is 1500. The van der Waals surface area contributed by atoms with Gasteiger partial charge in [-0.05, 0) is 82.4 Å². The third-order valence-corrected chi connectivity index (χ3v) is 11.0. The lowest BCUT2D eigenvalue weighted by molar-refractivity contribution is -0.870. The number of phosphoric acid groups is 1. The van der Waals surface area contributed by atoms with Crippen molar-refractivity contribution in [2.45, 2.75) is 169 Å². The number of ether oxygens (including phenoxy) is 2. The first-order chi connectivity index (χ1) is 28.7. The zero-order valence-corrected chi connectivity index (χ0v) is 39.3. The van der Waals surface area contributed by atoms with E-state index in [-0.39, 0.29) is 31.8 Å². The summed E-state index contributed by atoms with van der Waals surface area (Å²) in [6.07, 6.45) is 32.8. The second-order valence-corrected chi connectivity index (χ2v) is 18.2. The number of phosphoric ester groups is 1. The molecule has 1 rings (SSSR count). The lowest BCUT2D eigenvalue weighted by Gasteiger charge is -2.24. The summed E-state index contributed by atoms with van der Waals surface area (Å²) in [5.74, 6) is 1.52. The van der Waals surface area contributed by atoms with E-state index in [1.807, 2.05) is 45.4 Å². The number of ketones is 1. The summed E-state index contributed by atoms with van der Waals surface area (Å²) in [4.78, 5) is 47.2. The Kier molecular flexibility index (Phi) is 30.7. The smallest absolute Gasteiger partial charge is 0.466 e. The highest BCUT2D eigenvalue weighted by atomic mass is 31.2. The molecule has 0 spiro atoms. The molecule has 1 unspecified atom stereocenters. The van der Waals surface area contributed by atoms with Crippen molar-refractivity contribution in [3.8, 4) is 0 Å². The maximum Gasteiger partial charge on any atom is 0.472 e. The molecule has 0 aliphatic rings. The van der Waals surface area contributed by atoms with Crippen LogP contribution in [-0.2, 0) is 50.3 Å². The van der Waals surface area contributed by atoms with Gasteiger partial charge in [-0.1, -0.05) is 108 Å². The Morgan fingerprint density at radius 2 is 1.28 bits per heavy atom. The topological polar surface area (TPSA) is 139 Å². The fourth-order valence-corrected chi connectivity index (χ4v) is 6.93. The molecule has 0 amide bonds. The van der Waals surface area contributed by atoms with E-state index < -0.39 is 32.5 Å². The summed E-state index contributed by atoms with van der Waals surface area (Å²) in [5, 5.41) is 0. The second kappa shape index (κ2) is 33.5. The molecule has 342 valence electrons. The Morgan fingerprint density at radius 1 is 0.683 bits per heavy atom. The number of quaternary nitrogens is 1. The number of nitrogens with zero attached hydrogens (tertiary/aromatic N) is 1. The first-order valence-corrected chi connectivity index (χ1v) is 24.2. The quantitative estimate of drug-likeness (QED) is 0.0131. The minimum atomic E-state index is -4.42. The normalized spacial score (nSPS) is 13.9. The van der Waals surface area contributed by atoms with Crippen molar-refractivity contribution in [2.24, 2.45) is 0 Å². The van der Waals surface area contributed by atoms with Gasteiger partial charge in [0.05, 0.1) is 27.7 Å². The minimum absolute atomic E-state index is 0.00425. The van der Waals surface area contributed by atoms with Crippen LogP contribution in [0.1, 0.15) is 158 Å². The van der Waals surface area contributed by atoms with Gasteiger partial charge in [0.15, 0.2) is 11.9 Å². The van der Waals surface area contributed by atoms with Gasteiger partial charge in [0, 0.05) is 32.1 Å². The van der Waals surface area contributed by atoms with Gasteiger partial charge in [-0.2, -0.15) is 0 Å². The van der Waals surface area contributed by atoms with Crippen LogP contribution in [0.5, 0.6) is 0 Å². The zero-order valence-electron chi connectivity index (χ0n) is 38.4. The molecular formula is C48H81NO10P+. The van der Waals surface area contributed by atoms with Gasteiger partial charge in [-0.15, -0.1) is 0 Å². The van der Waals surface area contributed by atoms with Crippen LogP contribution >= 0.6 is 7.82 Å². The van der Waals surface area contributed by atoms with Crippen LogP contribution in [-0.4, -0.2) is 80.7 Å². The second-order valence-electron chi connectivity index (χ2n) is 16.7. The number of aryl methyl sites for hydroxylation is 2. The van der Waals surface area contributed by atoms with Crippen molar-refractivity contribution in [3.63, 3.8) is 0 Å². The highest BCUT2D eigenvalue weighted by Crippen LogP contribution is 2.43. The maximum atomic E-state index is 12.7. The average Bonchev–Trinajstić information content (AvgIpc) is 3.45. The maximum absolute atomic E-state index is 12.7. The van der Waals surface area contributed by atoms with E-state index >= 15 is 0 Å². The molecule has 0 saturated heterocycles. The Balaban J connectivity index is 2.39. The van der Waals surface area contributed by atoms with Crippen LogP contribution in [0.4, 0.5) is 0 Å². The number of likely N-dealkylation sites (N-methyl/N-ethyl adjacent to an activating group) is 1. The molecule has 12 heteroatoms. The van der Waals surface area contributed by atoms with Crippen molar-refractivity contribution in [1.82, 2.24) is 0 Å². The summed E-state index contributed by atoms with van der Waals surface area (Å²) < 4.78 is 40.4. The lowest BCUT2D eigenvalue weighted by Crippen LogP contribution is -2.37. The molecule has 0 radical (unpaired) electrons. The van der Waals surface area contributed by atoms with Crippen molar-refractivity contribution < 1.29 is 51.3 Å². The van der Waals surface area contributed by atoms with E-state index in [2.05, 4.69) is 39.8 Å². The van der Waals surface area contributed by atoms with Gasteiger partial charge in [0.1, 0.15) is 31.3 Å². The predicted octanol–water partition coefficient (Wildman–Crippen LogP) is 11.5. The first kappa shape index (κ1) is 54.9. The van der Waals surface area contributed by atoms with E-state index in [1.54, 1.807) is 12.2 Å². The molecule has 0 aromatic carbocycles. The van der Waals surface area contributed by atoms with Crippen molar-refractivity contribution in [1.29, 1.82) is 0 Å². The number of hydrogen-bond acceptors (Lipinski definition) is 9. The van der Waals surface area contributed by atoms with Crippen LogP contribution in [0.2, 0.25) is 0 Å². The van der Waals surface area contributed by atoms with Crippen LogP contribution in [0.3, 0.4) is 0 Å². The van der Waals surface area contributed by atoms with Gasteiger partial charge in [-0.3, -0.25) is 23.4 Å². The number of rotatable bonds is 37. The molecule has 0 aliphatic carbocycles. The standard InChI is InChI=1S/C48H80NO10P/c1-8-10-26-32-43(50)33-27-22-18-14-12-11-13-15-20-24-29-35-47(51)55-39-44(40-57-60(53,54)56-38-37-49(5,6)7)58-48(52)36-30-25-21-17-16-19-23-28-34-46-42(4)41(3)45(59-46)31-9-2/h11-12,15,18,20,22,27,33,44H,8-10,13-14,16-17,19,21,23-26,28-32,34-40H2,1-7H3/p+1/b12-11-,20-15-,22-18-,33-27+/t44-/m1/s1. The minimum Gasteiger partial charge on any atom is -0.466 e. The van der Waals surface area contributed by atoms with Crippen molar-refractivity contribution in [3.05, 3.63) is 71.3 Å². The molecular weight excluding hydrogens is 781 g/mol. The van der Waals surface area contributed by atoms with E-state index in [4.69, 9.17) is 22.9 Å². The largest absolute Gasteiger partial charge is 0.472 e. The van der Waals surface area contributed by atoms with Gasteiger partial charge in [0.25, 0.3) is 0 Å². The molecule has 1 aromatic heterocycles. The Labute approximate surface area is 363 Å². The number of carbonyl (C=O) groups is 3. The third kappa shape index (κ3) is 30.0. The number of allylic oxidation sites excluding steroid dienone is 8. The number of carbonyl (C=O) groups excluding carboxylic acids is 3. The van der Waals surface area contributed by atoms with Gasteiger partial charge in [0.2, 0.25) is 0 Å². The fraction of sp³-hybridized carbons (Fsp3) is 0.688. The van der Waals surface area contributed by atoms with Crippen molar-refractivity contribution >= 4 is 25.5 Å². The Hall–Kier alpha value is -3.08. The SMILES string of the molecule is CCCCCC(=O)/C=C/C=C\C/C=C\C/C=C\CCCC(=O)OC[C@H](COP(=O)(O)OCC[N+](C)(C)C)OC(=O)CCCCCCCCCCc1oc(CCC)c(C)c1C. The summed E-state index contributed by atoms with van der Waals surface area (Å²) in [6, 6.07) is 0. The highest BCUT2D eigenvalue weighted by molar-refractivity contribution is 7.47. The zero-order chi connectivity index (χ0) is 44.5. The van der Waals surface area contributed by atoms with E-state index in [9.17, 15) is 23.8 Å². The summed E-state index contributed by atoms with van der Waals surface area (Å²) in [6.45, 7) is 8.38. The third-order valence-electron chi connectivity index (χ3n) is 10.0. The highest BCUT2D eigenvalue weighted by Gasteiger charge is 2.27. The summed E-state index contributed by atoms with van der Waals surface area (Å²) in [7, 11) is 1.38. The predicted molar refractivity (Wildman–Crippen MR) is 242 cm³/mol. The molecule has 0 bridgehead atoms. The van der Waals surface area contributed by atoms with E-state index in [1.165, 1.54) is 24.0 Å². The molecule has 1 aromatic rings. The van der Waals surface area contributed by atoms with Gasteiger partial charge in [-0.25, -0.2) is 4.57 Å². The fourth-order valence-electron chi connectivity index (χ4n) is 6.18. The number of hydrogen-bond donors (Lipinski definition) is 1. The Morgan fingerprint density at radius 3 is 1.95 bits per heavy atom. The first-order valence-electron chi connectivity index (χ1n) is 22.7. The summed E-state index contributed by atoms with van der Waals surface area (Å²) >= 11 is 0. The number of esters is 2. The van der Waals surface area contributed by atoms with Crippen LogP contribution in [0.15, 0.2) is 53.0 Å². The van der Waals surface area contributed by atoms with Gasteiger partial charge >= 0.3 is 19.8 Å². The number of furan rings is 1. The monoisotopic (exact) mass is 863 g/mol.